The highest BCUT2D eigenvalue weighted by Crippen LogP contribution is 2.37. The zero-order valence-electron chi connectivity index (χ0n) is 81.7. The van der Waals surface area contributed by atoms with Crippen molar-refractivity contribution in [1.82, 2.24) is 0 Å². The number of aliphatic hydroxyl groups excluding tert-OH is 1. The molecule has 2 unspecified atom stereocenters. The minimum Gasteiger partial charge on any atom is -0.508 e. The quantitative estimate of drug-likeness (QED) is 0.00615. The number of rotatable bonds is 37. The summed E-state index contributed by atoms with van der Waals surface area (Å²) >= 11 is 37.0. The number of aromatic hydroxyl groups is 2. The van der Waals surface area contributed by atoms with Crippen molar-refractivity contribution >= 4 is 264 Å². The molecule has 0 aromatic heterocycles. The molecule has 140 heavy (non-hydrogen) atoms. The molecule has 5 rings (SSSR count). The molecule has 0 spiro atoms. The largest absolute Gasteiger partial charge is 0.508 e. The standard InChI is InChI=1S/C30H42Br2O10.C16H18Br2O6.C15H15Br2ClO5.C15H16Br2O6.C7H6O4.C6H14O.C4H6Br2O.CH4O.CH4/c1-8-10-12-39-25(34)22(31)17-29(3,4)27(36)41-20-14-19(24(33)38-7)15-21(16-20)42-28(37)30(5,6)18-23(32)26(35)40-13-11-9-2;1-15(2,17)13(20)23-10-6-9(12(19)22-5)7-11(8-10)24-14(21)16(3,4)18;2*1-14(2,16)12(20)22-9-5-8(11(18)19)6-10(7-9)23-13(21)15(3,4)17;8-5-1-4(7(10)11)2-6(9)3-5;1-4-6(5-2)7-3;1-4(2,6)3(5)7;1-2;/h14-16,22-23H,8-13,17-18H2,1-7H3;6-8H,1-5H3;5-7H,1-4H3;5-7H,1-4H3,(H,18,19);1-3,8-9H,(H,10,11);6H,4-5H2,1-3H3;1-2H3;2H,1H3;1H4. The van der Waals surface area contributed by atoms with E-state index in [0.29, 0.717) is 19.3 Å². The van der Waals surface area contributed by atoms with Gasteiger partial charge in [0.05, 0.1) is 70.9 Å². The van der Waals surface area contributed by atoms with Gasteiger partial charge in [-0.25, -0.2) is 19.2 Å². The van der Waals surface area contributed by atoms with Crippen LogP contribution in [0.3, 0.4) is 0 Å². The molecule has 0 saturated carbocycles. The summed E-state index contributed by atoms with van der Waals surface area (Å²) < 4.78 is 61.1. The van der Waals surface area contributed by atoms with Crippen molar-refractivity contribution in [2.75, 3.05) is 41.7 Å². The third kappa shape index (κ3) is 56.8. The number of carboxylic acid groups (broad SMARTS) is 2. The van der Waals surface area contributed by atoms with E-state index in [0.717, 1.165) is 63.8 Å². The van der Waals surface area contributed by atoms with Gasteiger partial charge in [0.15, 0.2) is 0 Å². The Morgan fingerprint density at radius 3 is 0.714 bits per heavy atom. The molecule has 0 heterocycles. The van der Waals surface area contributed by atoms with Crippen LogP contribution in [0.25, 0.3) is 0 Å². The molecule has 0 aliphatic rings. The number of hydrogen-bond donors (Lipinski definition) is 5. The maximum Gasteiger partial charge on any atom is 0.338 e. The van der Waals surface area contributed by atoms with Crippen LogP contribution in [0.1, 0.15) is 263 Å². The lowest BCUT2D eigenvalue weighted by molar-refractivity contribution is -0.148. The number of phenolic OH excluding ortho intramolecular Hbond substituents is 2. The number of methoxy groups -OCH3 is 3. The van der Waals surface area contributed by atoms with Crippen LogP contribution in [-0.4, -0.2) is 207 Å². The number of benzene rings is 5. The highest BCUT2D eigenvalue weighted by atomic mass is 79.9. The van der Waals surface area contributed by atoms with E-state index < -0.39 is 140 Å². The summed E-state index contributed by atoms with van der Waals surface area (Å²) in [6.07, 6.45) is 6.14. The fraction of sp³-hybridized carbons (Fsp3) is 0.516. The number of alkyl halides is 9. The van der Waals surface area contributed by atoms with Crippen molar-refractivity contribution in [1.29, 1.82) is 0 Å². The van der Waals surface area contributed by atoms with Crippen molar-refractivity contribution in [3.05, 3.63) is 119 Å². The van der Waals surface area contributed by atoms with Crippen LogP contribution in [0.5, 0.6) is 57.5 Å². The second-order valence-corrected chi connectivity index (χ2v) is 51.1. The molecular weight excluding hydrogens is 2520 g/mol. The van der Waals surface area contributed by atoms with Crippen molar-refractivity contribution in [3.8, 4) is 57.5 Å². The van der Waals surface area contributed by atoms with Gasteiger partial charge in [0, 0.05) is 50.1 Å². The molecule has 0 amide bonds. The lowest BCUT2D eigenvalue weighted by atomic mass is 9.88. The van der Waals surface area contributed by atoms with E-state index in [1.165, 1.54) is 87.0 Å². The molecule has 5 aromatic rings. The normalized spacial score (nSPS) is 11.6. The molecule has 0 aliphatic carbocycles. The highest BCUT2D eigenvalue weighted by molar-refractivity contribution is 9.20. The van der Waals surface area contributed by atoms with E-state index >= 15 is 0 Å². The third-order valence-corrected chi connectivity index (χ3v) is 22.2. The topological polar surface area (TPSA) is 494 Å². The number of hydrogen-bond acceptors (Lipinski definition) is 32. The first-order chi connectivity index (χ1) is 63.4. The molecule has 2 atom stereocenters. The van der Waals surface area contributed by atoms with Crippen molar-refractivity contribution in [2.24, 2.45) is 10.8 Å². The van der Waals surface area contributed by atoms with E-state index in [2.05, 4.69) is 178 Å². The third-order valence-electron chi connectivity index (χ3n) is 16.8. The van der Waals surface area contributed by atoms with Gasteiger partial charge in [-0.15, -0.1) is 0 Å². The SMILES string of the molecule is C.CC(C)(Br)C(=O)Br.CC(C)(Br)C(=O)Oc1cc(OC(=O)C(C)(C)Br)cc(C(=O)Cl)c1.CC(C)(Br)C(=O)Oc1cc(OC(=O)C(C)(C)Br)cc(C(=O)O)c1.CCC(CC)OC.CCCCOC(=O)C(Br)CC(C)(C)C(=O)Oc1cc(OC(=O)C(C)(C)CC(Br)C(=O)OCCCC)cc(C(=O)OC)c1.CO.COC(=O)c1cc(OC(=O)C(C)(C)Br)cc(OC(=O)C(C)(C)Br)c1.O=C(O)c1cc(O)cc(O)c1. The zero-order chi connectivity index (χ0) is 109. The minimum absolute atomic E-state index is 0. The van der Waals surface area contributed by atoms with Crippen LogP contribution in [0.2, 0.25) is 0 Å². The number of carboxylic acids is 2. The number of carbonyl (C=O) groups excluding carboxylic acids is 14. The Hall–Kier alpha value is -7.37. The number of carbonyl (C=O) groups is 16. The molecular formula is C95H125Br10ClO34. The Labute approximate surface area is 905 Å². The molecule has 0 saturated heterocycles. The number of aromatic carboxylic acids is 2. The first-order valence-electron chi connectivity index (χ1n) is 41.8. The second-order valence-electron chi connectivity index (χ2n) is 33.9. The maximum absolute atomic E-state index is 13.1. The van der Waals surface area contributed by atoms with Crippen LogP contribution in [0.4, 0.5) is 0 Å². The summed E-state index contributed by atoms with van der Waals surface area (Å²) in [5.74, 6) is -10.1. The highest BCUT2D eigenvalue weighted by Gasteiger charge is 2.39. The number of esters is 12. The van der Waals surface area contributed by atoms with Gasteiger partial charge in [-0.05, 0) is 251 Å². The van der Waals surface area contributed by atoms with Gasteiger partial charge in [0.1, 0.15) is 93.1 Å². The summed E-state index contributed by atoms with van der Waals surface area (Å²) in [7, 11) is 5.16. The van der Waals surface area contributed by atoms with Crippen LogP contribution in [0.15, 0.2) is 91.0 Å². The van der Waals surface area contributed by atoms with Crippen LogP contribution < -0.4 is 37.9 Å². The fourth-order valence-electron chi connectivity index (χ4n) is 8.71. The number of unbranched alkanes of at least 4 members (excludes halogenated alkanes) is 2. The average molecular weight is 2650 g/mol. The maximum atomic E-state index is 13.1. The second kappa shape index (κ2) is 64.5. The summed E-state index contributed by atoms with van der Waals surface area (Å²) in [5, 5.41) is 41.4. The van der Waals surface area contributed by atoms with Gasteiger partial charge in [0.25, 0.3) is 5.24 Å². The van der Waals surface area contributed by atoms with E-state index in [-0.39, 0.29) is 110 Å². The molecule has 0 aliphatic heterocycles. The molecule has 0 bridgehead atoms. The smallest absolute Gasteiger partial charge is 0.338 e. The average Bonchev–Trinajstić information content (AvgIpc) is 1.02. The van der Waals surface area contributed by atoms with Crippen LogP contribution in [-0.2, 0) is 76.4 Å². The zero-order valence-corrected chi connectivity index (χ0v) is 98.3. The summed E-state index contributed by atoms with van der Waals surface area (Å²) in [5.41, 5.74) is -2.45. The number of halogens is 11. The van der Waals surface area contributed by atoms with Gasteiger partial charge in [0.2, 0.25) is 4.69 Å². The first-order valence-corrected chi connectivity index (χ1v) is 50.3. The molecule has 5 N–H and O–H groups in total. The number of aliphatic hydroxyl groups is 1. The van der Waals surface area contributed by atoms with Crippen molar-refractivity contribution < 1.29 is 164 Å². The molecule has 0 radical (unpaired) electrons. The van der Waals surface area contributed by atoms with Gasteiger partial charge in [-0.1, -0.05) is 191 Å². The lowest BCUT2D eigenvalue weighted by Gasteiger charge is -2.25. The van der Waals surface area contributed by atoms with Crippen LogP contribution >= 0.6 is 171 Å². The Kier molecular flexibility index (Phi) is 64.0. The minimum atomic E-state index is -1.24. The Morgan fingerprint density at radius 2 is 0.543 bits per heavy atom. The lowest BCUT2D eigenvalue weighted by Crippen LogP contribution is -2.34. The molecule has 45 heteroatoms. The monoisotopic (exact) mass is 2630 g/mol. The molecule has 5 aromatic carbocycles. The summed E-state index contributed by atoms with van der Waals surface area (Å²) in [6.45, 7) is 38.1. The molecule has 0 fully saturated rings. The van der Waals surface area contributed by atoms with E-state index in [9.17, 15) is 76.7 Å². The van der Waals surface area contributed by atoms with Gasteiger partial charge >= 0.3 is 83.6 Å². The van der Waals surface area contributed by atoms with Gasteiger partial charge in [-0.2, -0.15) is 0 Å². The van der Waals surface area contributed by atoms with E-state index in [1.54, 1.807) is 132 Å². The Bertz CT molecular complexity index is 4630. The molecule has 786 valence electrons. The summed E-state index contributed by atoms with van der Waals surface area (Å²) in [6, 6.07) is 18.6. The predicted molar refractivity (Wildman–Crippen MR) is 563 cm³/mol. The first kappa shape index (κ1) is 139. The Morgan fingerprint density at radius 1 is 0.336 bits per heavy atom. The van der Waals surface area contributed by atoms with Gasteiger partial charge in [-0.3, -0.25) is 57.5 Å². The van der Waals surface area contributed by atoms with Crippen molar-refractivity contribution in [3.63, 3.8) is 0 Å². The fourth-order valence-corrected chi connectivity index (χ4v) is 11.2. The van der Waals surface area contributed by atoms with Crippen LogP contribution in [0, 0.1) is 10.8 Å². The number of ether oxygens (including phenoxy) is 13. The van der Waals surface area contributed by atoms with Gasteiger partial charge < -0.3 is 87.1 Å². The van der Waals surface area contributed by atoms with E-state index in [4.69, 9.17) is 94.0 Å². The predicted octanol–water partition coefficient (Wildman–Crippen LogP) is 22.7. The van der Waals surface area contributed by atoms with E-state index in [1.807, 2.05) is 13.8 Å². The molecule has 34 nitrogen and oxygen atoms in total. The van der Waals surface area contributed by atoms with Crippen molar-refractivity contribution in [2.45, 2.75) is 257 Å². The Balaban J connectivity index is -0.000000824. The summed E-state index contributed by atoms with van der Waals surface area (Å²) in [4.78, 5) is 188. The number of phenols is 2.